The number of halogens is 3. The third kappa shape index (κ3) is 24.6. The van der Waals surface area contributed by atoms with Gasteiger partial charge in [0.1, 0.15) is 34.9 Å². The van der Waals surface area contributed by atoms with Crippen molar-refractivity contribution in [2.45, 2.75) is 236 Å². The van der Waals surface area contributed by atoms with Gasteiger partial charge in [0.2, 0.25) is 11.8 Å². The van der Waals surface area contributed by atoms with E-state index < -0.39 is 23.9 Å². The highest BCUT2D eigenvalue weighted by Crippen LogP contribution is 2.42. The van der Waals surface area contributed by atoms with Crippen LogP contribution >= 0.6 is 0 Å². The molecule has 0 saturated carbocycles. The fraction of sp³-hybridized carbons (Fsp3) is 0.383. The Bertz CT molecular complexity index is 7790. The zero-order valence-corrected chi connectivity index (χ0v) is 88.5. The topological polar surface area (TPSA) is 289 Å². The zero-order valence-electron chi connectivity index (χ0n) is 88.5. The van der Waals surface area contributed by atoms with Crippen molar-refractivity contribution in [1.82, 2.24) is 76.4 Å². The smallest absolute Gasteiger partial charge is 0.449 e. The zero-order chi connectivity index (χ0) is 106. The molecule has 10 aromatic carbocycles. The molecule has 0 unspecified atom stereocenters. The largest absolute Gasteiger partial charge is 0.478 e. The maximum absolute atomic E-state index is 13.9. The number of fused-ring (bicyclic) bond motifs is 8. The number of carboxylic acid groups (broad SMARTS) is 1. The lowest BCUT2D eigenvalue weighted by atomic mass is 9.97. The highest BCUT2D eigenvalue weighted by atomic mass is 19.4. The van der Waals surface area contributed by atoms with Crippen molar-refractivity contribution in [1.29, 1.82) is 0 Å². The van der Waals surface area contributed by atoms with E-state index >= 15 is 0 Å². The summed E-state index contributed by atoms with van der Waals surface area (Å²) in [6, 6.07) is 66.7. The van der Waals surface area contributed by atoms with Gasteiger partial charge in [-0.25, -0.2) is 59.0 Å². The molecule has 0 radical (unpaired) electrons. The Morgan fingerprint density at radius 1 is 0.367 bits per heavy atom. The van der Waals surface area contributed by atoms with Crippen molar-refractivity contribution < 1.29 is 61.1 Å². The number of aromatic nitrogens is 16. The first-order valence-corrected chi connectivity index (χ1v) is 52.9. The Labute approximate surface area is 873 Å². The maximum atomic E-state index is 13.9. The lowest BCUT2D eigenvalue weighted by molar-refractivity contribution is -0.147. The quantitative estimate of drug-likeness (QED) is 0.0155. The molecule has 1 aliphatic carbocycles. The highest BCUT2D eigenvalue weighted by molar-refractivity contribution is 6.02. The molecule has 0 atom stereocenters. The summed E-state index contributed by atoms with van der Waals surface area (Å²) in [6.07, 6.45) is 17.8. The van der Waals surface area contributed by atoms with Crippen LogP contribution in [0.15, 0.2) is 218 Å². The number of alkyl halides is 3. The molecule has 8 heterocycles. The molecule has 0 spiro atoms. The number of imidazole rings is 8. The molecule has 27 nitrogen and oxygen atoms in total. The minimum atomic E-state index is -4.60. The number of benzene rings is 10. The van der Waals surface area contributed by atoms with Gasteiger partial charge < -0.3 is 70.6 Å². The van der Waals surface area contributed by atoms with E-state index in [-0.39, 0.29) is 35.5 Å². The van der Waals surface area contributed by atoms with Crippen LogP contribution in [0, 0.1) is 11.8 Å². The van der Waals surface area contributed by atoms with Gasteiger partial charge in [-0.1, -0.05) is 171 Å². The summed E-state index contributed by atoms with van der Waals surface area (Å²) < 4.78 is 84.3. The molecule has 0 bridgehead atoms. The van der Waals surface area contributed by atoms with Crippen molar-refractivity contribution >= 4 is 118 Å². The van der Waals surface area contributed by atoms with Gasteiger partial charge in [0, 0.05) is 121 Å². The van der Waals surface area contributed by atoms with E-state index in [1.54, 1.807) is 62.8 Å². The van der Waals surface area contributed by atoms with Gasteiger partial charge in [-0.05, 0) is 234 Å². The van der Waals surface area contributed by atoms with Crippen molar-refractivity contribution in [2.75, 3.05) is 60.6 Å². The molecule has 0 fully saturated rings. The van der Waals surface area contributed by atoms with Crippen LogP contribution in [0.25, 0.3) is 134 Å². The summed E-state index contributed by atoms with van der Waals surface area (Å²) in [4.78, 5) is 87.3. The molecular formula is C120H138F3N17O10. The molecule has 0 saturated heterocycles. The first kappa shape index (κ1) is 108. The maximum Gasteiger partial charge on any atom is 0.449 e. The monoisotopic (exact) mass is 2030 g/mol. The number of allylic oxidation sites excluding steroid dienone is 2. The van der Waals surface area contributed by atoms with Crippen LogP contribution in [0.5, 0.6) is 0 Å². The lowest BCUT2D eigenvalue weighted by Crippen LogP contribution is -2.17. The molecule has 2 N–H and O–H groups in total. The van der Waals surface area contributed by atoms with Crippen molar-refractivity contribution in [3.63, 3.8) is 0 Å². The van der Waals surface area contributed by atoms with Gasteiger partial charge in [0.05, 0.1) is 132 Å². The molecular weight excluding hydrogens is 1900 g/mol. The van der Waals surface area contributed by atoms with E-state index in [1.807, 2.05) is 60.9 Å². The predicted molar refractivity (Wildman–Crippen MR) is 589 cm³/mol. The Morgan fingerprint density at radius 3 is 1.18 bits per heavy atom. The lowest BCUT2D eigenvalue weighted by Gasteiger charge is -2.17. The third-order valence-corrected chi connectivity index (χ3v) is 27.5. The van der Waals surface area contributed by atoms with Gasteiger partial charge in [0.15, 0.2) is 0 Å². The second-order valence-electron chi connectivity index (χ2n) is 39.2. The number of unbranched alkanes of at least 4 members (excludes halogenated alkanes) is 3. The minimum Gasteiger partial charge on any atom is -0.478 e. The number of carbonyl (C=O) groups is 4. The van der Waals surface area contributed by atoms with Crippen LogP contribution in [0.4, 0.5) is 19.1 Å². The molecule has 18 aromatic rings. The molecule has 8 aromatic heterocycles. The number of anilines is 1. The standard InChI is InChI=1S/C36H41N5O3.C32H36N4O2.C27H34N4O2.C25H27F3N4O3/c1-43-24-10-22-40-32-18-17-28(35(42)44-2)25-31(32)38-34(40)29-15-9-16-30-33(29)41(23-20-27-13-7-4-8-14-27)36(39-30)37-21-19-26-11-5-3-6-12-26;1-4-6-20-36-29(12-5-2)33-26-17-10-16-25(30(26)36)31-34-27-22-24(32(37)38-3)18-19-28(27)35(31)21-11-15-23-13-8-7-9-14-23;1-5-7-12-24-28-21-11-9-10-20(25(21)30(24)15-8-6-2)26-29-22-16-19(27(32)33)13-14-23(22)31(26)17-18(3)4;1-15(2)14-32-21-17(7-5-8-18(21)30-24(32)25(26,27)28)22-29-19-13-16(23(33)35-4)9-10-20(19)31(22)11-6-12-34-3/h3,5-6,9,11-13,15-18,25H,4,7-8,10,14,19-24H2,1-2H3,(H,37,39);7-10,13-14,16-19,22H,4-6,11-12,15,20-21H2,1-3H3;9-11,13-14,16,18H,5-8,12,15,17H2,1-4H3,(H,32,33);5,7-10,13,15H,6,11-12,14H2,1-4H3. The van der Waals surface area contributed by atoms with E-state index in [1.165, 1.54) is 68.3 Å². The highest BCUT2D eigenvalue weighted by Gasteiger charge is 2.39. The molecule has 784 valence electrons. The Hall–Kier alpha value is -14.9. The number of methoxy groups -OCH3 is 5. The predicted octanol–water partition coefficient (Wildman–Crippen LogP) is 26.7. The second kappa shape index (κ2) is 50.4. The summed E-state index contributed by atoms with van der Waals surface area (Å²) in [5.74, 6) is 3.64. The summed E-state index contributed by atoms with van der Waals surface area (Å²) >= 11 is 0. The molecule has 1 aliphatic rings. The average molecular weight is 2040 g/mol. The number of carboxylic acids is 1. The molecule has 150 heavy (non-hydrogen) atoms. The summed E-state index contributed by atoms with van der Waals surface area (Å²) in [5, 5.41) is 13.1. The van der Waals surface area contributed by atoms with Crippen LogP contribution in [0.2, 0.25) is 0 Å². The van der Waals surface area contributed by atoms with Crippen LogP contribution < -0.4 is 5.32 Å². The number of aromatic carboxylic acids is 1. The normalized spacial score (nSPS) is 12.3. The molecule has 19 rings (SSSR count). The van der Waals surface area contributed by atoms with Gasteiger partial charge in [-0.3, -0.25) is 0 Å². The van der Waals surface area contributed by atoms with E-state index in [0.29, 0.717) is 76.7 Å². The second-order valence-corrected chi connectivity index (χ2v) is 39.2. The van der Waals surface area contributed by atoms with Crippen LogP contribution in [-0.2, 0) is 108 Å². The summed E-state index contributed by atoms with van der Waals surface area (Å²) in [5.41, 5.74) is 23.0. The van der Waals surface area contributed by atoms with E-state index in [4.69, 9.17) is 58.6 Å². The van der Waals surface area contributed by atoms with Crippen molar-refractivity contribution in [3.05, 3.63) is 269 Å². The third-order valence-electron chi connectivity index (χ3n) is 27.5. The van der Waals surface area contributed by atoms with E-state index in [9.17, 15) is 37.5 Å². The van der Waals surface area contributed by atoms with Crippen LogP contribution in [0.1, 0.15) is 222 Å². The first-order valence-electron chi connectivity index (χ1n) is 52.9. The Kier molecular flexibility index (Phi) is 36.2. The fourth-order valence-corrected chi connectivity index (χ4v) is 20.3. The molecule has 0 amide bonds. The summed E-state index contributed by atoms with van der Waals surface area (Å²) in [6.45, 7) is 24.7. The molecule has 0 aliphatic heterocycles. The number of ether oxygens (including phenoxy) is 5. The average Bonchev–Trinajstić information content (AvgIpc) is 1.59. The van der Waals surface area contributed by atoms with Gasteiger partial charge in [-0.15, -0.1) is 0 Å². The number of nitrogens with zero attached hydrogens (tertiary/aromatic N) is 16. The number of rotatable bonds is 42. The fourth-order valence-electron chi connectivity index (χ4n) is 20.3. The minimum absolute atomic E-state index is 0.0373. The van der Waals surface area contributed by atoms with E-state index in [0.717, 1.165) is 254 Å². The Morgan fingerprint density at radius 2 is 0.760 bits per heavy atom. The van der Waals surface area contributed by atoms with Crippen molar-refractivity contribution in [2.24, 2.45) is 11.8 Å². The first-order chi connectivity index (χ1) is 72.9. The summed E-state index contributed by atoms with van der Waals surface area (Å²) in [7, 11) is 7.45. The number of hydrogen-bond donors (Lipinski definition) is 2. The van der Waals surface area contributed by atoms with Crippen molar-refractivity contribution in [3.8, 4) is 45.6 Å². The van der Waals surface area contributed by atoms with E-state index in [2.05, 4.69) is 201 Å². The van der Waals surface area contributed by atoms with Gasteiger partial charge >= 0.3 is 30.1 Å². The van der Waals surface area contributed by atoms with Crippen LogP contribution in [0.3, 0.4) is 0 Å². The van der Waals surface area contributed by atoms with Gasteiger partial charge in [0.25, 0.3) is 0 Å². The Balaban J connectivity index is 0.000000143. The SMILES string of the molecule is CCCCc1nc2cccc(-c3nc4cc(C(=O)O)ccc4n3CC(C)C)c2n1CCCC.CCCCn1c(CCC)nc2cccc(-c3nc4cc(C(=O)OC)ccc4n3CCCc3ccccc3)c21.COCCCn1c(-c2cccc3nc(C(F)(F)F)n(CC(C)C)c23)nc2cc(C(=O)OC)ccc21.COCCCn1c(-c2cccc3nc(NCCc4ccccc4)n(CCC4=CCCCC4)c23)nc2cc(C(=O)OC)ccc21. The number of carbonyl (C=O) groups excluding carboxylic acids is 3. The number of hydrogen-bond acceptors (Lipinski definition) is 18. The molecule has 30 heteroatoms. The number of para-hydroxylation sites is 4. The van der Waals surface area contributed by atoms with Crippen LogP contribution in [-0.4, -0.2) is 161 Å². The number of aryl methyl sites for hydroxylation is 9. The number of esters is 3. The number of nitrogens with one attached hydrogen (secondary N) is 1. The van der Waals surface area contributed by atoms with Gasteiger partial charge in [-0.2, -0.15) is 13.2 Å².